The fourth-order valence-corrected chi connectivity index (χ4v) is 5.04. The molecule has 1 aliphatic rings. The van der Waals surface area contributed by atoms with E-state index in [4.69, 9.17) is 0 Å². The molecule has 0 bridgehead atoms. The van der Waals surface area contributed by atoms with Gasteiger partial charge in [0.15, 0.2) is 11.6 Å². The molecular formula is C32H42F2. The third kappa shape index (κ3) is 7.65. The lowest BCUT2D eigenvalue weighted by atomic mass is 9.73. The Kier molecular flexibility index (Phi) is 10.6. The molecule has 2 aromatic carbocycles. The molecule has 2 aromatic rings. The lowest BCUT2D eigenvalue weighted by Gasteiger charge is -2.32. The molecule has 0 amide bonds. The number of unbranched alkanes of at least 4 members (excludes halogenated alkanes) is 6. The van der Waals surface area contributed by atoms with Crippen LogP contribution >= 0.6 is 0 Å². The van der Waals surface area contributed by atoms with Gasteiger partial charge in [-0.3, -0.25) is 0 Å². The zero-order valence-electron chi connectivity index (χ0n) is 21.2. The SMILES string of the molecule is CCCCCCCc1ccc(CCC2(CCCCC)C=CC(c3cccc(F)c3F)C=C2)cc1. The highest BCUT2D eigenvalue weighted by atomic mass is 19.2. The van der Waals surface area contributed by atoms with Crippen LogP contribution in [0.3, 0.4) is 0 Å². The number of hydrogen-bond acceptors (Lipinski definition) is 0. The Balaban J connectivity index is 1.61. The number of aryl methyl sites for hydroxylation is 2. The van der Waals surface area contributed by atoms with E-state index in [1.807, 2.05) is 0 Å². The van der Waals surface area contributed by atoms with E-state index in [1.165, 1.54) is 75.0 Å². The van der Waals surface area contributed by atoms with Crippen molar-refractivity contribution in [1.29, 1.82) is 0 Å². The molecule has 0 aromatic heterocycles. The first-order valence-electron chi connectivity index (χ1n) is 13.5. The van der Waals surface area contributed by atoms with Gasteiger partial charge in [0.2, 0.25) is 0 Å². The van der Waals surface area contributed by atoms with Crippen molar-refractivity contribution < 1.29 is 8.78 Å². The van der Waals surface area contributed by atoms with E-state index >= 15 is 0 Å². The van der Waals surface area contributed by atoms with Gasteiger partial charge < -0.3 is 0 Å². The molecule has 0 atom stereocenters. The van der Waals surface area contributed by atoms with Gasteiger partial charge in [-0.05, 0) is 49.3 Å². The Morgan fingerprint density at radius 2 is 1.29 bits per heavy atom. The molecule has 0 radical (unpaired) electrons. The Labute approximate surface area is 206 Å². The molecule has 0 N–H and O–H groups in total. The predicted molar refractivity (Wildman–Crippen MR) is 141 cm³/mol. The lowest BCUT2D eigenvalue weighted by molar-refractivity contribution is 0.387. The molecule has 184 valence electrons. The van der Waals surface area contributed by atoms with Crippen molar-refractivity contribution in [3.63, 3.8) is 0 Å². The highest BCUT2D eigenvalue weighted by Crippen LogP contribution is 2.40. The van der Waals surface area contributed by atoms with E-state index in [2.05, 4.69) is 62.4 Å². The van der Waals surface area contributed by atoms with Crippen LogP contribution in [-0.4, -0.2) is 0 Å². The topological polar surface area (TPSA) is 0 Å². The zero-order valence-corrected chi connectivity index (χ0v) is 21.2. The van der Waals surface area contributed by atoms with Gasteiger partial charge in [-0.25, -0.2) is 8.78 Å². The van der Waals surface area contributed by atoms with Gasteiger partial charge in [-0.15, -0.1) is 0 Å². The lowest BCUT2D eigenvalue weighted by Crippen LogP contribution is -2.20. The summed E-state index contributed by atoms with van der Waals surface area (Å²) in [7, 11) is 0. The molecule has 3 rings (SSSR count). The minimum atomic E-state index is -0.775. The van der Waals surface area contributed by atoms with E-state index in [-0.39, 0.29) is 11.3 Å². The maximum absolute atomic E-state index is 14.3. The minimum Gasteiger partial charge on any atom is -0.204 e. The summed E-state index contributed by atoms with van der Waals surface area (Å²) >= 11 is 0. The second kappa shape index (κ2) is 13.6. The maximum Gasteiger partial charge on any atom is 0.162 e. The fraction of sp³-hybridized carbons (Fsp3) is 0.500. The number of halogens is 2. The van der Waals surface area contributed by atoms with Crippen LogP contribution in [0.2, 0.25) is 0 Å². The second-order valence-electron chi connectivity index (χ2n) is 10.1. The van der Waals surface area contributed by atoms with Gasteiger partial charge in [0.25, 0.3) is 0 Å². The molecule has 0 heterocycles. The first kappa shape index (κ1) is 26.4. The van der Waals surface area contributed by atoms with E-state index < -0.39 is 11.6 Å². The summed E-state index contributed by atoms with van der Waals surface area (Å²) in [6, 6.07) is 13.6. The first-order valence-corrected chi connectivity index (χ1v) is 13.5. The van der Waals surface area contributed by atoms with Crippen molar-refractivity contribution in [3.05, 3.63) is 95.1 Å². The number of allylic oxidation sites excluding steroid dienone is 4. The van der Waals surface area contributed by atoms with Crippen molar-refractivity contribution in [1.82, 2.24) is 0 Å². The van der Waals surface area contributed by atoms with Crippen molar-refractivity contribution >= 4 is 0 Å². The first-order chi connectivity index (χ1) is 16.6. The molecule has 2 heteroatoms. The van der Waals surface area contributed by atoms with Crippen LogP contribution in [0.5, 0.6) is 0 Å². The summed E-state index contributed by atoms with van der Waals surface area (Å²) < 4.78 is 28.0. The van der Waals surface area contributed by atoms with Gasteiger partial charge in [-0.1, -0.05) is 119 Å². The number of hydrogen-bond donors (Lipinski definition) is 0. The highest BCUT2D eigenvalue weighted by Gasteiger charge is 2.28. The quantitative estimate of drug-likeness (QED) is 0.193. The molecule has 0 aliphatic heterocycles. The molecule has 0 fully saturated rings. The van der Waals surface area contributed by atoms with Crippen molar-refractivity contribution in [2.24, 2.45) is 5.41 Å². The molecule has 0 nitrogen and oxygen atoms in total. The average molecular weight is 465 g/mol. The van der Waals surface area contributed by atoms with Crippen LogP contribution in [-0.2, 0) is 12.8 Å². The second-order valence-corrected chi connectivity index (χ2v) is 10.1. The zero-order chi connectivity index (χ0) is 24.2. The monoisotopic (exact) mass is 464 g/mol. The van der Waals surface area contributed by atoms with E-state index in [0.717, 1.165) is 19.3 Å². The summed E-state index contributed by atoms with van der Waals surface area (Å²) in [6.07, 6.45) is 23.2. The third-order valence-electron chi connectivity index (χ3n) is 7.33. The Morgan fingerprint density at radius 3 is 1.97 bits per heavy atom. The summed E-state index contributed by atoms with van der Waals surface area (Å²) in [5.41, 5.74) is 3.23. The van der Waals surface area contributed by atoms with Crippen LogP contribution in [0.4, 0.5) is 8.78 Å². The normalized spacial score (nSPS) is 19.6. The summed E-state index contributed by atoms with van der Waals surface area (Å²) in [5, 5.41) is 0. The Bertz CT molecular complexity index is 909. The van der Waals surface area contributed by atoms with Gasteiger partial charge in [0, 0.05) is 16.9 Å². The molecule has 1 aliphatic carbocycles. The van der Waals surface area contributed by atoms with Gasteiger partial charge in [0.05, 0.1) is 0 Å². The summed E-state index contributed by atoms with van der Waals surface area (Å²) in [4.78, 5) is 0. The highest BCUT2D eigenvalue weighted by molar-refractivity contribution is 5.36. The molecular weight excluding hydrogens is 422 g/mol. The Hall–Kier alpha value is -2.22. The van der Waals surface area contributed by atoms with Gasteiger partial charge in [0.1, 0.15) is 0 Å². The molecule has 34 heavy (non-hydrogen) atoms. The van der Waals surface area contributed by atoms with Crippen molar-refractivity contribution in [3.8, 4) is 0 Å². The fourth-order valence-electron chi connectivity index (χ4n) is 5.04. The van der Waals surface area contributed by atoms with Gasteiger partial charge >= 0.3 is 0 Å². The minimum absolute atomic E-state index is 0.00653. The maximum atomic E-state index is 14.3. The molecule has 0 unspecified atom stereocenters. The van der Waals surface area contributed by atoms with Crippen LogP contribution in [0, 0.1) is 17.0 Å². The van der Waals surface area contributed by atoms with E-state index in [0.29, 0.717) is 5.56 Å². The number of rotatable bonds is 14. The van der Waals surface area contributed by atoms with Crippen LogP contribution in [0.1, 0.15) is 101 Å². The average Bonchev–Trinajstić information content (AvgIpc) is 2.86. The largest absolute Gasteiger partial charge is 0.204 e. The predicted octanol–water partition coefficient (Wildman–Crippen LogP) is 9.89. The Morgan fingerprint density at radius 1 is 0.676 bits per heavy atom. The molecule has 0 spiro atoms. The van der Waals surface area contributed by atoms with Crippen molar-refractivity contribution in [2.75, 3.05) is 0 Å². The van der Waals surface area contributed by atoms with Gasteiger partial charge in [-0.2, -0.15) is 0 Å². The standard InChI is InChI=1S/C32H42F2/c1-3-5-7-8-9-12-26-15-17-27(18-16-26)19-23-32(22-10-6-4-2)24-20-28(21-25-32)29-13-11-14-30(33)31(29)34/h11,13-18,20-21,24-25,28H,3-10,12,19,22-23H2,1-2H3. The molecule has 0 saturated carbocycles. The van der Waals surface area contributed by atoms with Crippen LogP contribution < -0.4 is 0 Å². The van der Waals surface area contributed by atoms with Crippen molar-refractivity contribution in [2.45, 2.75) is 96.8 Å². The van der Waals surface area contributed by atoms with Crippen LogP contribution in [0.15, 0.2) is 66.8 Å². The van der Waals surface area contributed by atoms with E-state index in [1.54, 1.807) is 12.1 Å². The van der Waals surface area contributed by atoms with Crippen LogP contribution in [0.25, 0.3) is 0 Å². The smallest absolute Gasteiger partial charge is 0.162 e. The summed E-state index contributed by atoms with van der Waals surface area (Å²) in [5.74, 6) is -1.71. The summed E-state index contributed by atoms with van der Waals surface area (Å²) in [6.45, 7) is 4.49. The van der Waals surface area contributed by atoms with E-state index in [9.17, 15) is 8.78 Å². The number of benzene rings is 2. The third-order valence-corrected chi connectivity index (χ3v) is 7.33. The molecule has 0 saturated heterocycles.